The lowest BCUT2D eigenvalue weighted by atomic mass is 9.86. The molecule has 0 bridgehead atoms. The molecule has 3 rings (SSSR count). The van der Waals surface area contributed by atoms with Crippen molar-refractivity contribution in [3.63, 3.8) is 0 Å². The summed E-state index contributed by atoms with van der Waals surface area (Å²) in [4.78, 5) is 2.67. The summed E-state index contributed by atoms with van der Waals surface area (Å²) in [5, 5.41) is 0. The highest BCUT2D eigenvalue weighted by molar-refractivity contribution is 5.56. The van der Waals surface area contributed by atoms with E-state index in [1.54, 1.807) is 5.57 Å². The summed E-state index contributed by atoms with van der Waals surface area (Å²) >= 11 is 0. The third-order valence-corrected chi connectivity index (χ3v) is 4.84. The number of rotatable bonds is 2. The van der Waals surface area contributed by atoms with E-state index in [0.717, 1.165) is 6.04 Å². The van der Waals surface area contributed by atoms with Gasteiger partial charge in [0.25, 0.3) is 0 Å². The second-order valence-electron chi connectivity index (χ2n) is 6.21. The molecule has 1 unspecified atom stereocenters. The standard InChI is InChI=1S/C18H25N/c1-14-8-9-16(12-15(14)2)13-17-6-3-4-7-18(17)19-10-5-11-19/h8-9,12-13,18H,3-7,10-11H2,1-2H3/b17-13-. The van der Waals surface area contributed by atoms with Crippen LogP contribution in [0.15, 0.2) is 23.8 Å². The topological polar surface area (TPSA) is 3.24 Å². The van der Waals surface area contributed by atoms with Gasteiger partial charge in [-0.05, 0) is 69.3 Å². The van der Waals surface area contributed by atoms with Gasteiger partial charge in [-0.2, -0.15) is 0 Å². The maximum Gasteiger partial charge on any atom is 0.0310 e. The highest BCUT2D eigenvalue weighted by Gasteiger charge is 2.28. The molecule has 1 aromatic carbocycles. The molecule has 102 valence electrons. The third kappa shape index (κ3) is 2.76. The minimum Gasteiger partial charge on any atom is -0.297 e. The van der Waals surface area contributed by atoms with Crippen molar-refractivity contribution >= 4 is 6.08 Å². The molecule has 0 aromatic heterocycles. The molecule has 1 aliphatic carbocycles. The lowest BCUT2D eigenvalue weighted by Crippen LogP contribution is -2.46. The van der Waals surface area contributed by atoms with Crippen molar-refractivity contribution in [2.45, 2.75) is 52.0 Å². The summed E-state index contributed by atoms with van der Waals surface area (Å²) in [6, 6.07) is 7.61. The van der Waals surface area contributed by atoms with Crippen LogP contribution in [0.5, 0.6) is 0 Å². The quantitative estimate of drug-likeness (QED) is 0.760. The maximum absolute atomic E-state index is 2.67. The Morgan fingerprint density at radius 3 is 2.58 bits per heavy atom. The van der Waals surface area contributed by atoms with Crippen LogP contribution in [-0.2, 0) is 0 Å². The van der Waals surface area contributed by atoms with Gasteiger partial charge < -0.3 is 0 Å². The zero-order valence-corrected chi connectivity index (χ0v) is 12.3. The molecule has 1 heteroatoms. The van der Waals surface area contributed by atoms with Crippen molar-refractivity contribution in [1.29, 1.82) is 0 Å². The number of hydrogen-bond donors (Lipinski definition) is 0. The van der Waals surface area contributed by atoms with Crippen molar-refractivity contribution in [3.05, 3.63) is 40.5 Å². The molecule has 19 heavy (non-hydrogen) atoms. The summed E-state index contributed by atoms with van der Waals surface area (Å²) in [6.45, 7) is 7.03. The number of nitrogens with zero attached hydrogens (tertiary/aromatic N) is 1. The third-order valence-electron chi connectivity index (χ3n) is 4.84. The maximum atomic E-state index is 2.67. The lowest BCUT2D eigenvalue weighted by molar-refractivity contribution is 0.121. The highest BCUT2D eigenvalue weighted by atomic mass is 15.2. The molecule has 1 aliphatic heterocycles. The van der Waals surface area contributed by atoms with Crippen molar-refractivity contribution in [2.24, 2.45) is 0 Å². The van der Waals surface area contributed by atoms with Gasteiger partial charge in [0, 0.05) is 6.04 Å². The Balaban J connectivity index is 1.84. The molecule has 2 aliphatic rings. The fourth-order valence-electron chi connectivity index (χ4n) is 3.33. The van der Waals surface area contributed by atoms with Crippen LogP contribution in [0.2, 0.25) is 0 Å². The second kappa shape index (κ2) is 5.50. The van der Waals surface area contributed by atoms with Crippen LogP contribution >= 0.6 is 0 Å². The van der Waals surface area contributed by atoms with Crippen LogP contribution in [0.3, 0.4) is 0 Å². The van der Waals surface area contributed by atoms with E-state index in [-0.39, 0.29) is 0 Å². The van der Waals surface area contributed by atoms with Crippen LogP contribution in [0.25, 0.3) is 6.08 Å². The van der Waals surface area contributed by atoms with E-state index < -0.39 is 0 Å². The van der Waals surface area contributed by atoms with Gasteiger partial charge in [0.1, 0.15) is 0 Å². The van der Waals surface area contributed by atoms with Crippen LogP contribution in [0.4, 0.5) is 0 Å². The molecule has 0 N–H and O–H groups in total. The Kier molecular flexibility index (Phi) is 3.74. The molecule has 1 saturated carbocycles. The van der Waals surface area contributed by atoms with Gasteiger partial charge in [-0.25, -0.2) is 0 Å². The molecule has 1 nitrogen and oxygen atoms in total. The summed E-state index contributed by atoms with van der Waals surface area (Å²) in [7, 11) is 0. The Hall–Kier alpha value is -1.08. The van der Waals surface area contributed by atoms with Crippen LogP contribution < -0.4 is 0 Å². The van der Waals surface area contributed by atoms with Crippen molar-refractivity contribution in [2.75, 3.05) is 13.1 Å². The molecule has 1 atom stereocenters. The Bertz CT molecular complexity index is 482. The minimum atomic E-state index is 0.740. The van der Waals surface area contributed by atoms with Crippen LogP contribution in [-0.4, -0.2) is 24.0 Å². The molecular formula is C18H25N. The average Bonchev–Trinajstić information content (AvgIpc) is 2.34. The summed E-state index contributed by atoms with van der Waals surface area (Å²) in [5.41, 5.74) is 5.87. The molecule has 0 amide bonds. The first-order chi connectivity index (χ1) is 9.24. The largest absolute Gasteiger partial charge is 0.297 e. The predicted octanol–water partition coefficient (Wildman–Crippen LogP) is 4.34. The SMILES string of the molecule is Cc1ccc(/C=C2/CCCCC2N2CCC2)cc1C. The van der Waals surface area contributed by atoms with E-state index in [9.17, 15) is 0 Å². The lowest BCUT2D eigenvalue weighted by Gasteiger charge is -2.42. The fourth-order valence-corrected chi connectivity index (χ4v) is 3.33. The minimum absolute atomic E-state index is 0.740. The summed E-state index contributed by atoms with van der Waals surface area (Å²) in [5.74, 6) is 0. The van der Waals surface area contributed by atoms with E-state index in [1.807, 2.05) is 0 Å². The first kappa shape index (κ1) is 12.9. The molecule has 0 radical (unpaired) electrons. The van der Waals surface area contributed by atoms with Gasteiger partial charge >= 0.3 is 0 Å². The second-order valence-corrected chi connectivity index (χ2v) is 6.21. The molecule has 1 saturated heterocycles. The van der Waals surface area contributed by atoms with E-state index >= 15 is 0 Å². The van der Waals surface area contributed by atoms with Gasteiger partial charge in [0.15, 0.2) is 0 Å². The average molecular weight is 255 g/mol. The predicted molar refractivity (Wildman–Crippen MR) is 82.3 cm³/mol. The first-order valence-electron chi connectivity index (χ1n) is 7.76. The first-order valence-corrected chi connectivity index (χ1v) is 7.76. The number of aryl methyl sites for hydroxylation is 2. The summed E-state index contributed by atoms with van der Waals surface area (Å²) < 4.78 is 0. The number of hydrogen-bond acceptors (Lipinski definition) is 1. The monoisotopic (exact) mass is 255 g/mol. The fraction of sp³-hybridized carbons (Fsp3) is 0.556. The molecule has 1 heterocycles. The van der Waals surface area contributed by atoms with Gasteiger partial charge in [-0.3, -0.25) is 4.90 Å². The van der Waals surface area contributed by atoms with Crippen molar-refractivity contribution in [3.8, 4) is 0 Å². The van der Waals surface area contributed by atoms with Crippen molar-refractivity contribution in [1.82, 2.24) is 4.90 Å². The molecule has 1 aromatic rings. The van der Waals surface area contributed by atoms with Gasteiger partial charge in [0.05, 0.1) is 0 Å². The number of benzene rings is 1. The van der Waals surface area contributed by atoms with Gasteiger partial charge in [-0.1, -0.05) is 36.3 Å². The van der Waals surface area contributed by atoms with E-state index in [0.29, 0.717) is 0 Å². The van der Waals surface area contributed by atoms with Gasteiger partial charge in [0.2, 0.25) is 0 Å². The summed E-state index contributed by atoms with van der Waals surface area (Å²) in [6.07, 6.45) is 9.32. The molecule has 2 fully saturated rings. The Labute approximate surface area is 117 Å². The Morgan fingerprint density at radius 1 is 1.05 bits per heavy atom. The molecule has 0 spiro atoms. The van der Waals surface area contributed by atoms with Crippen LogP contribution in [0.1, 0.15) is 48.8 Å². The smallest absolute Gasteiger partial charge is 0.0310 e. The van der Waals surface area contributed by atoms with Crippen molar-refractivity contribution < 1.29 is 0 Å². The highest BCUT2D eigenvalue weighted by Crippen LogP contribution is 2.32. The van der Waals surface area contributed by atoms with E-state index in [4.69, 9.17) is 0 Å². The number of likely N-dealkylation sites (tertiary alicyclic amines) is 1. The normalized spacial score (nSPS) is 26.4. The zero-order chi connectivity index (χ0) is 13.2. The molecular weight excluding hydrogens is 230 g/mol. The van der Waals surface area contributed by atoms with Crippen LogP contribution in [0, 0.1) is 13.8 Å². The van der Waals surface area contributed by atoms with Gasteiger partial charge in [-0.15, -0.1) is 0 Å². The zero-order valence-electron chi connectivity index (χ0n) is 12.3. The van der Waals surface area contributed by atoms with E-state index in [1.165, 1.54) is 61.9 Å². The Morgan fingerprint density at radius 2 is 1.89 bits per heavy atom. The van der Waals surface area contributed by atoms with E-state index in [2.05, 4.69) is 43.0 Å².